The van der Waals surface area contributed by atoms with Gasteiger partial charge in [-0.25, -0.2) is 4.98 Å². The predicted octanol–water partition coefficient (Wildman–Crippen LogP) is 3.93. The van der Waals surface area contributed by atoms with Gasteiger partial charge in [0, 0.05) is 43.8 Å². The van der Waals surface area contributed by atoms with E-state index in [1.165, 1.54) is 6.92 Å². The molecule has 0 fully saturated rings. The fourth-order valence-electron chi connectivity index (χ4n) is 3.12. The van der Waals surface area contributed by atoms with Crippen LogP contribution in [0.4, 0.5) is 5.69 Å². The van der Waals surface area contributed by atoms with Gasteiger partial charge in [0.05, 0.1) is 16.8 Å². The Labute approximate surface area is 170 Å². The number of aromatic nitrogens is 1. The van der Waals surface area contributed by atoms with Crippen molar-refractivity contribution in [1.29, 1.82) is 0 Å². The van der Waals surface area contributed by atoms with Crippen molar-refractivity contribution in [2.75, 3.05) is 25.6 Å². The minimum absolute atomic E-state index is 0.121. The summed E-state index contributed by atoms with van der Waals surface area (Å²) in [6.45, 7) is 4.61. The van der Waals surface area contributed by atoms with Gasteiger partial charge in [0.2, 0.25) is 5.91 Å². The first-order valence-corrected chi connectivity index (χ1v) is 9.54. The number of amides is 2. The number of anilines is 1. The molecule has 1 heterocycles. The third-order valence-corrected chi connectivity index (χ3v) is 4.52. The topological polar surface area (TPSA) is 80.3 Å². The van der Waals surface area contributed by atoms with Crippen LogP contribution in [0.5, 0.6) is 0 Å². The molecule has 0 aliphatic carbocycles. The van der Waals surface area contributed by atoms with Gasteiger partial charge >= 0.3 is 0 Å². The highest BCUT2D eigenvalue weighted by molar-refractivity contribution is 6.07. The Hall–Kier alpha value is -3.25. The zero-order chi connectivity index (χ0) is 20.8. The number of nitrogens with one attached hydrogen (secondary N) is 2. The summed E-state index contributed by atoms with van der Waals surface area (Å²) in [7, 11) is 1.64. The minimum Gasteiger partial charge on any atom is -0.385 e. The maximum absolute atomic E-state index is 12.9. The van der Waals surface area contributed by atoms with Crippen molar-refractivity contribution in [3.63, 3.8) is 0 Å². The lowest BCUT2D eigenvalue weighted by atomic mass is 10.0. The molecule has 3 rings (SSSR count). The molecule has 0 bridgehead atoms. The number of benzene rings is 2. The molecule has 1 aromatic heterocycles. The number of pyridine rings is 1. The van der Waals surface area contributed by atoms with Gasteiger partial charge < -0.3 is 15.4 Å². The Morgan fingerprint density at radius 2 is 1.83 bits per heavy atom. The molecule has 0 spiro atoms. The molecule has 6 heteroatoms. The van der Waals surface area contributed by atoms with Gasteiger partial charge in [0.15, 0.2) is 0 Å². The summed E-state index contributed by atoms with van der Waals surface area (Å²) in [4.78, 5) is 28.8. The zero-order valence-corrected chi connectivity index (χ0v) is 16.9. The highest BCUT2D eigenvalue weighted by Gasteiger charge is 2.14. The van der Waals surface area contributed by atoms with Crippen LogP contribution in [0.2, 0.25) is 0 Å². The SMILES string of the molecule is COCCCNC(=O)c1cc(-c2ccc(NC(C)=O)cc2)nc2ccc(C)cc12. The number of nitrogens with zero attached hydrogens (tertiary/aromatic N) is 1. The van der Waals surface area contributed by atoms with Gasteiger partial charge in [-0.1, -0.05) is 23.8 Å². The number of carbonyl (C=O) groups is 2. The number of fused-ring (bicyclic) bond motifs is 1. The Kier molecular flexibility index (Phi) is 6.57. The van der Waals surface area contributed by atoms with Crippen molar-refractivity contribution < 1.29 is 14.3 Å². The second kappa shape index (κ2) is 9.30. The molecule has 150 valence electrons. The first kappa shape index (κ1) is 20.5. The van der Waals surface area contributed by atoms with Crippen LogP contribution in [-0.2, 0) is 9.53 Å². The van der Waals surface area contributed by atoms with E-state index in [0.717, 1.165) is 28.5 Å². The zero-order valence-electron chi connectivity index (χ0n) is 16.9. The van der Waals surface area contributed by atoms with E-state index in [-0.39, 0.29) is 11.8 Å². The second-order valence-electron chi connectivity index (χ2n) is 6.94. The van der Waals surface area contributed by atoms with Crippen LogP contribution in [-0.4, -0.2) is 37.1 Å². The molecule has 6 nitrogen and oxygen atoms in total. The average molecular weight is 391 g/mol. The van der Waals surface area contributed by atoms with Gasteiger partial charge in [0.25, 0.3) is 5.91 Å². The van der Waals surface area contributed by atoms with E-state index >= 15 is 0 Å². The van der Waals surface area contributed by atoms with Gasteiger partial charge in [-0.15, -0.1) is 0 Å². The van der Waals surface area contributed by atoms with E-state index in [1.807, 2.05) is 55.5 Å². The molecule has 0 saturated heterocycles. The number of hydrogen-bond acceptors (Lipinski definition) is 4. The molecule has 0 aliphatic heterocycles. The largest absolute Gasteiger partial charge is 0.385 e. The van der Waals surface area contributed by atoms with Crippen LogP contribution in [0.3, 0.4) is 0 Å². The highest BCUT2D eigenvalue weighted by atomic mass is 16.5. The molecule has 0 unspecified atom stereocenters. The molecular weight excluding hydrogens is 366 g/mol. The lowest BCUT2D eigenvalue weighted by molar-refractivity contribution is -0.114. The van der Waals surface area contributed by atoms with Crippen molar-refractivity contribution in [1.82, 2.24) is 10.3 Å². The van der Waals surface area contributed by atoms with Gasteiger partial charge in [-0.3, -0.25) is 9.59 Å². The molecular formula is C23H25N3O3. The third-order valence-electron chi connectivity index (χ3n) is 4.52. The van der Waals surface area contributed by atoms with Crippen molar-refractivity contribution in [2.45, 2.75) is 20.3 Å². The van der Waals surface area contributed by atoms with Crippen molar-refractivity contribution in [3.05, 3.63) is 59.7 Å². The van der Waals surface area contributed by atoms with Crippen LogP contribution in [0.25, 0.3) is 22.2 Å². The highest BCUT2D eigenvalue weighted by Crippen LogP contribution is 2.26. The van der Waals surface area contributed by atoms with Gasteiger partial charge in [-0.2, -0.15) is 0 Å². The standard InChI is InChI=1S/C23H25N3O3/c1-15-5-10-21-19(13-15)20(23(28)24-11-4-12-29-3)14-22(26-21)17-6-8-18(9-7-17)25-16(2)27/h5-10,13-14H,4,11-12H2,1-3H3,(H,24,28)(H,25,27). The Morgan fingerprint density at radius 1 is 1.07 bits per heavy atom. The predicted molar refractivity (Wildman–Crippen MR) is 115 cm³/mol. The lowest BCUT2D eigenvalue weighted by Gasteiger charge is -2.12. The molecule has 29 heavy (non-hydrogen) atoms. The van der Waals surface area contributed by atoms with E-state index in [4.69, 9.17) is 9.72 Å². The summed E-state index contributed by atoms with van der Waals surface area (Å²) in [6, 6.07) is 15.1. The van der Waals surface area contributed by atoms with Crippen LogP contribution >= 0.6 is 0 Å². The first-order valence-electron chi connectivity index (χ1n) is 9.54. The average Bonchev–Trinajstić information content (AvgIpc) is 2.70. The van der Waals surface area contributed by atoms with Crippen molar-refractivity contribution in [2.24, 2.45) is 0 Å². The van der Waals surface area contributed by atoms with E-state index in [1.54, 1.807) is 7.11 Å². The fraction of sp³-hybridized carbons (Fsp3) is 0.261. The van der Waals surface area contributed by atoms with Crippen molar-refractivity contribution in [3.8, 4) is 11.3 Å². The first-order chi connectivity index (χ1) is 14.0. The number of hydrogen-bond donors (Lipinski definition) is 2. The Morgan fingerprint density at radius 3 is 2.52 bits per heavy atom. The maximum atomic E-state index is 12.9. The van der Waals surface area contributed by atoms with E-state index < -0.39 is 0 Å². The van der Waals surface area contributed by atoms with E-state index in [2.05, 4.69) is 10.6 Å². The summed E-state index contributed by atoms with van der Waals surface area (Å²) in [5, 5.41) is 6.54. The fourth-order valence-corrected chi connectivity index (χ4v) is 3.12. The Balaban J connectivity index is 1.97. The number of rotatable bonds is 7. The summed E-state index contributed by atoms with van der Waals surface area (Å²) in [6.07, 6.45) is 0.752. The normalized spacial score (nSPS) is 10.7. The van der Waals surface area contributed by atoms with Crippen LogP contribution in [0, 0.1) is 6.92 Å². The molecule has 0 radical (unpaired) electrons. The minimum atomic E-state index is -0.129. The number of ether oxygens (including phenoxy) is 1. The smallest absolute Gasteiger partial charge is 0.252 e. The van der Waals surface area contributed by atoms with E-state index in [9.17, 15) is 9.59 Å². The summed E-state index contributed by atoms with van der Waals surface area (Å²) in [5.41, 5.74) is 4.72. The number of carbonyl (C=O) groups excluding carboxylic acids is 2. The molecule has 0 saturated carbocycles. The van der Waals surface area contributed by atoms with Gasteiger partial charge in [0.1, 0.15) is 0 Å². The van der Waals surface area contributed by atoms with Crippen LogP contribution < -0.4 is 10.6 Å². The molecule has 2 N–H and O–H groups in total. The van der Waals surface area contributed by atoms with Crippen molar-refractivity contribution >= 4 is 28.4 Å². The number of methoxy groups -OCH3 is 1. The van der Waals surface area contributed by atoms with Gasteiger partial charge in [-0.05, 0) is 43.7 Å². The third kappa shape index (κ3) is 5.18. The van der Waals surface area contributed by atoms with E-state index in [0.29, 0.717) is 30.1 Å². The quantitative estimate of drug-likeness (QED) is 0.598. The molecule has 0 atom stereocenters. The lowest BCUT2D eigenvalue weighted by Crippen LogP contribution is -2.25. The molecule has 2 amide bonds. The summed E-state index contributed by atoms with van der Waals surface area (Å²) < 4.78 is 5.04. The number of aryl methyl sites for hydroxylation is 1. The molecule has 0 aliphatic rings. The monoisotopic (exact) mass is 391 g/mol. The second-order valence-corrected chi connectivity index (χ2v) is 6.94. The molecule has 2 aromatic carbocycles. The summed E-state index contributed by atoms with van der Waals surface area (Å²) in [5.74, 6) is -0.250. The van der Waals surface area contributed by atoms with Crippen LogP contribution in [0.1, 0.15) is 29.3 Å². The Bertz CT molecular complexity index is 1030. The van der Waals surface area contributed by atoms with Crippen LogP contribution in [0.15, 0.2) is 48.5 Å². The summed E-state index contributed by atoms with van der Waals surface area (Å²) >= 11 is 0. The maximum Gasteiger partial charge on any atom is 0.252 e. The molecule has 3 aromatic rings.